The van der Waals surface area contributed by atoms with Crippen LogP contribution in [0.5, 0.6) is 0 Å². The number of nitro groups is 1. The van der Waals surface area contributed by atoms with E-state index in [-0.39, 0.29) is 10.6 Å². The van der Waals surface area contributed by atoms with E-state index in [0.717, 1.165) is 16.6 Å². The van der Waals surface area contributed by atoms with Gasteiger partial charge in [-0.05, 0) is 31.5 Å². The molecule has 0 saturated carbocycles. The van der Waals surface area contributed by atoms with Crippen molar-refractivity contribution < 1.29 is 4.92 Å². The zero-order valence-corrected chi connectivity index (χ0v) is 8.52. The van der Waals surface area contributed by atoms with Crippen molar-refractivity contribution >= 4 is 16.6 Å². The van der Waals surface area contributed by atoms with Crippen LogP contribution in [0.3, 0.4) is 0 Å². The first-order valence-electron chi connectivity index (χ1n) is 4.60. The molecule has 0 spiro atoms. The highest BCUT2D eigenvalue weighted by atomic mass is 16.6. The molecule has 0 radical (unpaired) electrons. The van der Waals surface area contributed by atoms with E-state index in [9.17, 15) is 10.1 Å². The third-order valence-electron chi connectivity index (χ3n) is 2.25. The molecule has 1 aromatic heterocycles. The molecule has 0 aliphatic heterocycles. The van der Waals surface area contributed by atoms with E-state index < -0.39 is 0 Å². The molecule has 2 rings (SSSR count). The fourth-order valence-electron chi connectivity index (χ4n) is 1.60. The predicted octanol–water partition coefficient (Wildman–Crippen LogP) is 2.76. The van der Waals surface area contributed by atoms with Crippen molar-refractivity contribution in [2.75, 3.05) is 0 Å². The van der Waals surface area contributed by atoms with E-state index in [0.29, 0.717) is 5.52 Å². The lowest BCUT2D eigenvalue weighted by Gasteiger charge is -2.01. The summed E-state index contributed by atoms with van der Waals surface area (Å²) >= 11 is 0. The smallest absolute Gasteiger partial charge is 0.258 e. The van der Waals surface area contributed by atoms with Crippen LogP contribution >= 0.6 is 0 Å². The lowest BCUT2D eigenvalue weighted by Crippen LogP contribution is -1.93. The van der Waals surface area contributed by atoms with Crippen LogP contribution in [0.1, 0.15) is 11.3 Å². The SMILES string of the molecule is Cc1cc([N+](=O)[O-])c2nc(C)ccc2c1. The third kappa shape index (κ3) is 1.66. The molecular weight excluding hydrogens is 192 g/mol. The van der Waals surface area contributed by atoms with E-state index in [1.54, 1.807) is 6.07 Å². The van der Waals surface area contributed by atoms with Crippen LogP contribution in [0.4, 0.5) is 5.69 Å². The minimum Gasteiger partial charge on any atom is -0.258 e. The fraction of sp³-hybridized carbons (Fsp3) is 0.182. The summed E-state index contributed by atoms with van der Waals surface area (Å²) in [6.07, 6.45) is 0. The van der Waals surface area contributed by atoms with Crippen LogP contribution in [-0.4, -0.2) is 9.91 Å². The second-order valence-corrected chi connectivity index (χ2v) is 3.57. The first kappa shape index (κ1) is 9.58. The van der Waals surface area contributed by atoms with Crippen LogP contribution in [0.2, 0.25) is 0 Å². The van der Waals surface area contributed by atoms with Crippen LogP contribution in [-0.2, 0) is 0 Å². The van der Waals surface area contributed by atoms with Crippen molar-refractivity contribution in [2.24, 2.45) is 0 Å². The standard InChI is InChI=1S/C11H10N2O2/c1-7-5-9-4-3-8(2)12-11(9)10(6-7)13(14)15/h3-6H,1-2H3. The van der Waals surface area contributed by atoms with Gasteiger partial charge in [0.2, 0.25) is 0 Å². The Hall–Kier alpha value is -1.97. The van der Waals surface area contributed by atoms with Gasteiger partial charge in [-0.1, -0.05) is 6.07 Å². The predicted molar refractivity (Wildman–Crippen MR) is 57.9 cm³/mol. The molecule has 0 saturated heterocycles. The first-order valence-corrected chi connectivity index (χ1v) is 4.60. The monoisotopic (exact) mass is 202 g/mol. The van der Waals surface area contributed by atoms with Crippen LogP contribution in [0, 0.1) is 24.0 Å². The highest BCUT2D eigenvalue weighted by Gasteiger charge is 2.13. The molecule has 0 fully saturated rings. The van der Waals surface area contributed by atoms with E-state index in [1.807, 2.05) is 32.0 Å². The van der Waals surface area contributed by atoms with Gasteiger partial charge < -0.3 is 0 Å². The van der Waals surface area contributed by atoms with Gasteiger partial charge in [0.25, 0.3) is 5.69 Å². The van der Waals surface area contributed by atoms with Crippen molar-refractivity contribution in [1.82, 2.24) is 4.98 Å². The Morgan fingerprint density at radius 1 is 1.27 bits per heavy atom. The number of rotatable bonds is 1. The Morgan fingerprint density at radius 3 is 2.67 bits per heavy atom. The number of nitrogens with zero attached hydrogens (tertiary/aromatic N) is 2. The number of hydrogen-bond acceptors (Lipinski definition) is 3. The molecule has 15 heavy (non-hydrogen) atoms. The molecule has 1 heterocycles. The number of non-ortho nitro benzene ring substituents is 1. The van der Waals surface area contributed by atoms with Gasteiger partial charge >= 0.3 is 0 Å². The van der Waals surface area contributed by atoms with Crippen LogP contribution < -0.4 is 0 Å². The molecule has 0 atom stereocenters. The largest absolute Gasteiger partial charge is 0.295 e. The normalized spacial score (nSPS) is 10.5. The number of benzene rings is 1. The molecular formula is C11H10N2O2. The van der Waals surface area contributed by atoms with E-state index in [4.69, 9.17) is 0 Å². The molecule has 1 aromatic carbocycles. The highest BCUT2D eigenvalue weighted by molar-refractivity contribution is 5.87. The molecule has 0 unspecified atom stereocenters. The summed E-state index contributed by atoms with van der Waals surface area (Å²) in [5.41, 5.74) is 2.20. The summed E-state index contributed by atoms with van der Waals surface area (Å²) in [5, 5.41) is 11.7. The van der Waals surface area contributed by atoms with Crippen molar-refractivity contribution in [2.45, 2.75) is 13.8 Å². The summed E-state index contributed by atoms with van der Waals surface area (Å²) < 4.78 is 0. The van der Waals surface area contributed by atoms with Gasteiger partial charge in [0.1, 0.15) is 5.52 Å². The Bertz CT molecular complexity index is 550. The molecule has 4 nitrogen and oxygen atoms in total. The fourth-order valence-corrected chi connectivity index (χ4v) is 1.60. The molecule has 0 aliphatic rings. The number of hydrogen-bond donors (Lipinski definition) is 0. The minimum atomic E-state index is -0.387. The lowest BCUT2D eigenvalue weighted by molar-refractivity contribution is -0.383. The second kappa shape index (κ2) is 3.31. The van der Waals surface area contributed by atoms with Gasteiger partial charge in [0.05, 0.1) is 4.92 Å². The Morgan fingerprint density at radius 2 is 2.00 bits per heavy atom. The second-order valence-electron chi connectivity index (χ2n) is 3.57. The zero-order valence-electron chi connectivity index (χ0n) is 8.52. The molecule has 0 bridgehead atoms. The Balaban J connectivity index is 2.87. The number of fused-ring (bicyclic) bond motifs is 1. The Labute approximate surface area is 86.7 Å². The van der Waals surface area contributed by atoms with E-state index >= 15 is 0 Å². The van der Waals surface area contributed by atoms with Crippen molar-refractivity contribution in [3.05, 3.63) is 45.6 Å². The quantitative estimate of drug-likeness (QED) is 0.527. The van der Waals surface area contributed by atoms with Gasteiger partial charge in [-0.25, -0.2) is 4.98 Å². The average Bonchev–Trinajstić information content (AvgIpc) is 2.17. The first-order chi connectivity index (χ1) is 7.08. The highest BCUT2D eigenvalue weighted by Crippen LogP contribution is 2.25. The molecule has 0 N–H and O–H groups in total. The summed E-state index contributed by atoms with van der Waals surface area (Å²) in [6, 6.07) is 7.16. The summed E-state index contributed by atoms with van der Waals surface area (Å²) in [6.45, 7) is 3.66. The number of nitro benzene ring substituents is 1. The van der Waals surface area contributed by atoms with Gasteiger partial charge in [-0.3, -0.25) is 10.1 Å². The van der Waals surface area contributed by atoms with Crippen LogP contribution in [0.15, 0.2) is 24.3 Å². The topological polar surface area (TPSA) is 56.0 Å². The van der Waals surface area contributed by atoms with Gasteiger partial charge in [0.15, 0.2) is 0 Å². The van der Waals surface area contributed by atoms with Crippen molar-refractivity contribution in [1.29, 1.82) is 0 Å². The van der Waals surface area contributed by atoms with Gasteiger partial charge in [-0.15, -0.1) is 0 Å². The molecule has 2 aromatic rings. The Kier molecular flexibility index (Phi) is 2.11. The van der Waals surface area contributed by atoms with Crippen molar-refractivity contribution in [3.8, 4) is 0 Å². The lowest BCUT2D eigenvalue weighted by atomic mass is 10.1. The molecule has 4 heteroatoms. The maximum absolute atomic E-state index is 10.8. The van der Waals surface area contributed by atoms with Crippen molar-refractivity contribution in [3.63, 3.8) is 0 Å². The third-order valence-corrected chi connectivity index (χ3v) is 2.25. The maximum atomic E-state index is 10.8. The number of aromatic nitrogens is 1. The van der Waals surface area contributed by atoms with E-state index in [2.05, 4.69) is 4.98 Å². The van der Waals surface area contributed by atoms with Crippen LogP contribution in [0.25, 0.3) is 10.9 Å². The van der Waals surface area contributed by atoms with E-state index in [1.165, 1.54) is 0 Å². The maximum Gasteiger partial charge on any atom is 0.295 e. The number of pyridine rings is 1. The molecule has 0 amide bonds. The average molecular weight is 202 g/mol. The molecule has 76 valence electrons. The summed E-state index contributed by atoms with van der Waals surface area (Å²) in [7, 11) is 0. The zero-order chi connectivity index (χ0) is 11.0. The van der Waals surface area contributed by atoms with Gasteiger partial charge in [-0.2, -0.15) is 0 Å². The van der Waals surface area contributed by atoms with Gasteiger partial charge in [0, 0.05) is 17.1 Å². The minimum absolute atomic E-state index is 0.0775. The summed E-state index contributed by atoms with van der Waals surface area (Å²) in [4.78, 5) is 14.7. The number of aryl methyl sites for hydroxylation is 2. The molecule has 0 aliphatic carbocycles. The summed E-state index contributed by atoms with van der Waals surface area (Å²) in [5.74, 6) is 0.